The van der Waals surface area contributed by atoms with E-state index < -0.39 is 0 Å². The number of hydrogen-bond donors (Lipinski definition) is 0. The summed E-state index contributed by atoms with van der Waals surface area (Å²) in [5.41, 5.74) is 0. The van der Waals surface area contributed by atoms with E-state index in [1.165, 1.54) is 0 Å². The van der Waals surface area contributed by atoms with E-state index in [9.17, 15) is 0 Å². The van der Waals surface area contributed by atoms with Gasteiger partial charge in [-0.1, -0.05) is 13.8 Å². The summed E-state index contributed by atoms with van der Waals surface area (Å²) in [6, 6.07) is 0. The Morgan fingerprint density at radius 3 is 1.80 bits per heavy atom. The van der Waals surface area contributed by atoms with Gasteiger partial charge in [-0.05, 0) is 0 Å². The molecule has 0 spiro atoms. The van der Waals surface area contributed by atoms with Crippen molar-refractivity contribution in [2.75, 3.05) is 0 Å². The molecule has 0 fully saturated rings. The van der Waals surface area contributed by atoms with Crippen molar-refractivity contribution in [3.63, 3.8) is 0 Å². The predicted octanol–water partition coefficient (Wildman–Crippen LogP) is 3.17. The molecule has 3 heteroatoms. The second kappa shape index (κ2) is 22.6. The van der Waals surface area contributed by atoms with E-state index in [0.717, 1.165) is 6.42 Å². The Kier molecular flexibility index (Phi) is 50.6. The van der Waals surface area contributed by atoms with Crippen molar-refractivity contribution in [1.82, 2.24) is 0 Å². The molecule has 60 valence electrons. The summed E-state index contributed by atoms with van der Waals surface area (Å²) in [4.78, 5) is 0. The van der Waals surface area contributed by atoms with Gasteiger partial charge in [0, 0.05) is 21.7 Å². The Labute approximate surface area is 90.9 Å². The van der Waals surface area contributed by atoms with Crippen LogP contribution in [-0.4, -0.2) is 0 Å². The van der Waals surface area contributed by atoms with Crippen molar-refractivity contribution >= 4 is 24.8 Å². The van der Waals surface area contributed by atoms with Crippen LogP contribution in [0.5, 0.6) is 0 Å². The van der Waals surface area contributed by atoms with Crippen molar-refractivity contribution in [3.8, 4) is 0 Å². The van der Waals surface area contributed by atoms with E-state index in [0.29, 0.717) is 0 Å². The molecule has 0 heterocycles. The molecule has 0 N–H and O–H groups in total. The molecular weight excluding hydrogens is 203 g/mol. The second-order valence-corrected chi connectivity index (χ2v) is 1.00. The predicted molar refractivity (Wildman–Crippen MR) is 47.4 cm³/mol. The first-order valence-electron chi connectivity index (χ1n) is 2.72. The summed E-state index contributed by atoms with van der Waals surface area (Å²) >= 11 is 0. The SMILES string of the molecule is CC.Cl.Cl.[C-]1=CC=CC1.[Ti]. The van der Waals surface area contributed by atoms with E-state index in [1.807, 2.05) is 26.0 Å². The van der Waals surface area contributed by atoms with Gasteiger partial charge in [-0.3, -0.25) is 6.08 Å². The van der Waals surface area contributed by atoms with Crippen LogP contribution in [0.25, 0.3) is 0 Å². The third-order valence-corrected chi connectivity index (χ3v) is 0.586. The van der Waals surface area contributed by atoms with Crippen LogP contribution in [-0.2, 0) is 21.7 Å². The molecule has 0 saturated carbocycles. The Bertz CT molecular complexity index is 69.7. The van der Waals surface area contributed by atoms with Crippen molar-refractivity contribution in [3.05, 3.63) is 24.3 Å². The van der Waals surface area contributed by atoms with E-state index in [4.69, 9.17) is 0 Å². The van der Waals surface area contributed by atoms with Gasteiger partial charge in [0.15, 0.2) is 0 Å². The minimum Gasteiger partial charge on any atom is -0.273 e. The topological polar surface area (TPSA) is 0 Å². The van der Waals surface area contributed by atoms with Crippen molar-refractivity contribution in [1.29, 1.82) is 0 Å². The van der Waals surface area contributed by atoms with Gasteiger partial charge in [-0.15, -0.1) is 31.2 Å². The Morgan fingerprint density at radius 2 is 1.70 bits per heavy atom. The molecule has 0 saturated heterocycles. The number of allylic oxidation sites excluding steroid dienone is 4. The Balaban J connectivity index is -0.0000000337. The fourth-order valence-electron chi connectivity index (χ4n) is 0.340. The Morgan fingerprint density at radius 1 is 1.20 bits per heavy atom. The molecule has 0 aliphatic heterocycles. The van der Waals surface area contributed by atoms with Gasteiger partial charge in [-0.2, -0.15) is 6.08 Å². The van der Waals surface area contributed by atoms with Crippen LogP contribution in [0.4, 0.5) is 0 Å². The number of rotatable bonds is 0. The van der Waals surface area contributed by atoms with Gasteiger partial charge >= 0.3 is 0 Å². The second-order valence-electron chi connectivity index (χ2n) is 1.00. The zero-order valence-corrected chi connectivity index (χ0v) is 9.45. The summed E-state index contributed by atoms with van der Waals surface area (Å²) < 4.78 is 0. The minimum absolute atomic E-state index is 0. The molecular formula is C7H13Cl2Ti-. The van der Waals surface area contributed by atoms with Crippen molar-refractivity contribution in [2.45, 2.75) is 20.3 Å². The molecule has 0 aromatic carbocycles. The van der Waals surface area contributed by atoms with Crippen LogP contribution in [0.1, 0.15) is 20.3 Å². The average Bonchev–Trinajstić information content (AvgIpc) is 2.23. The van der Waals surface area contributed by atoms with Crippen LogP contribution in [0, 0.1) is 6.08 Å². The van der Waals surface area contributed by atoms with E-state index in [-0.39, 0.29) is 46.5 Å². The van der Waals surface area contributed by atoms with Gasteiger partial charge in [-0.25, -0.2) is 12.2 Å². The van der Waals surface area contributed by atoms with Gasteiger partial charge in [0.05, 0.1) is 0 Å². The molecule has 0 aromatic rings. The molecule has 1 aliphatic rings. The summed E-state index contributed by atoms with van der Waals surface area (Å²) in [6.45, 7) is 4.00. The zero-order valence-electron chi connectivity index (χ0n) is 6.26. The van der Waals surface area contributed by atoms with Crippen molar-refractivity contribution in [2.24, 2.45) is 0 Å². The van der Waals surface area contributed by atoms with Crippen LogP contribution >= 0.6 is 24.8 Å². The monoisotopic (exact) mass is 215 g/mol. The quantitative estimate of drug-likeness (QED) is 0.430. The van der Waals surface area contributed by atoms with Crippen LogP contribution < -0.4 is 0 Å². The zero-order chi connectivity index (χ0) is 5.54. The van der Waals surface area contributed by atoms with Crippen LogP contribution in [0.3, 0.4) is 0 Å². The standard InChI is InChI=1S/C5H5.C2H6.2ClH.Ti/c1-2-4-5-3-1;1-2;;;/h1-3H,4H2;1-2H3;2*1H;/q-1;;;;. The fourth-order valence-corrected chi connectivity index (χ4v) is 0.340. The Hall–Kier alpha value is 0.774. The van der Waals surface area contributed by atoms with Crippen LogP contribution in [0.2, 0.25) is 0 Å². The number of hydrogen-bond acceptors (Lipinski definition) is 0. The first kappa shape index (κ1) is 22.4. The third-order valence-electron chi connectivity index (χ3n) is 0.586. The first-order valence-corrected chi connectivity index (χ1v) is 2.72. The summed E-state index contributed by atoms with van der Waals surface area (Å²) in [6.07, 6.45) is 10.0. The normalized spacial score (nSPS) is 9.40. The molecule has 1 aliphatic carbocycles. The number of halogens is 2. The molecule has 0 aromatic heterocycles. The van der Waals surface area contributed by atoms with E-state index >= 15 is 0 Å². The maximum atomic E-state index is 2.99. The van der Waals surface area contributed by atoms with E-state index in [1.54, 1.807) is 0 Å². The molecule has 10 heavy (non-hydrogen) atoms. The molecule has 1 rings (SSSR count). The third kappa shape index (κ3) is 15.9. The van der Waals surface area contributed by atoms with Gasteiger partial charge in [0.25, 0.3) is 0 Å². The molecule has 0 radical (unpaired) electrons. The molecule has 0 bridgehead atoms. The fraction of sp³-hybridized carbons (Fsp3) is 0.429. The molecule has 0 unspecified atom stereocenters. The summed E-state index contributed by atoms with van der Waals surface area (Å²) in [5.74, 6) is 0. The maximum absolute atomic E-state index is 2.99. The largest absolute Gasteiger partial charge is 0.273 e. The van der Waals surface area contributed by atoms with Gasteiger partial charge in [0.1, 0.15) is 0 Å². The first-order chi connectivity index (χ1) is 3.50. The van der Waals surface area contributed by atoms with Crippen molar-refractivity contribution < 1.29 is 21.7 Å². The average molecular weight is 216 g/mol. The smallest absolute Gasteiger partial charge is 0 e. The molecule has 0 atom stereocenters. The van der Waals surface area contributed by atoms with Crippen LogP contribution in [0.15, 0.2) is 18.2 Å². The summed E-state index contributed by atoms with van der Waals surface area (Å²) in [5, 5.41) is 0. The van der Waals surface area contributed by atoms with E-state index in [2.05, 4.69) is 12.2 Å². The van der Waals surface area contributed by atoms with Gasteiger partial charge in [0.2, 0.25) is 0 Å². The molecule has 0 nitrogen and oxygen atoms in total. The minimum atomic E-state index is 0. The van der Waals surface area contributed by atoms with Gasteiger partial charge < -0.3 is 0 Å². The maximum Gasteiger partial charge on any atom is 0 e. The summed E-state index contributed by atoms with van der Waals surface area (Å²) in [7, 11) is 0. The molecule has 0 amide bonds.